The molecule has 1 rings (SSSR count). The summed E-state index contributed by atoms with van der Waals surface area (Å²) in [6.07, 6.45) is 0. The van der Waals surface area contributed by atoms with E-state index in [1.807, 2.05) is 31.2 Å². The first kappa shape index (κ1) is 14.0. The lowest BCUT2D eigenvalue weighted by atomic mass is 10.2. The van der Waals surface area contributed by atoms with Crippen molar-refractivity contribution in [3.05, 3.63) is 29.8 Å². The van der Waals surface area contributed by atoms with Crippen molar-refractivity contribution in [2.75, 3.05) is 25.1 Å². The number of benzene rings is 1. The third-order valence-electron chi connectivity index (χ3n) is 2.42. The maximum atomic E-state index is 11.7. The van der Waals surface area contributed by atoms with Crippen LogP contribution in [-0.4, -0.2) is 32.2 Å². The number of carbonyl (C=O) groups is 2. The SMILES string of the molecule is CCOC(=O)CNC(=O)N(C)c1ccc(C)cc1. The Balaban J connectivity index is 2.51. The molecule has 0 unspecified atom stereocenters. The van der Waals surface area contributed by atoms with E-state index in [2.05, 4.69) is 5.32 Å². The van der Waals surface area contributed by atoms with E-state index >= 15 is 0 Å². The van der Waals surface area contributed by atoms with Gasteiger partial charge in [0.2, 0.25) is 0 Å². The molecule has 5 nitrogen and oxygen atoms in total. The van der Waals surface area contributed by atoms with E-state index in [1.165, 1.54) is 4.90 Å². The summed E-state index contributed by atoms with van der Waals surface area (Å²) in [5.74, 6) is -0.442. The Labute approximate surface area is 107 Å². The first-order valence-corrected chi connectivity index (χ1v) is 5.78. The van der Waals surface area contributed by atoms with Gasteiger partial charge in [-0.25, -0.2) is 4.79 Å². The fourth-order valence-corrected chi connectivity index (χ4v) is 1.36. The van der Waals surface area contributed by atoms with Gasteiger partial charge < -0.3 is 10.1 Å². The van der Waals surface area contributed by atoms with E-state index in [0.717, 1.165) is 11.3 Å². The summed E-state index contributed by atoms with van der Waals surface area (Å²) in [5, 5.41) is 2.49. The number of hydrogen-bond donors (Lipinski definition) is 1. The van der Waals surface area contributed by atoms with E-state index in [0.29, 0.717) is 6.61 Å². The van der Waals surface area contributed by atoms with Crippen LogP contribution in [0.25, 0.3) is 0 Å². The molecule has 0 saturated heterocycles. The van der Waals surface area contributed by atoms with Crippen molar-refractivity contribution in [1.29, 1.82) is 0 Å². The van der Waals surface area contributed by atoms with E-state index in [1.54, 1.807) is 14.0 Å². The summed E-state index contributed by atoms with van der Waals surface area (Å²) in [4.78, 5) is 24.3. The number of carbonyl (C=O) groups excluding carboxylic acids is 2. The standard InChI is InChI=1S/C13H18N2O3/c1-4-18-12(16)9-14-13(17)15(3)11-7-5-10(2)6-8-11/h5-8H,4,9H2,1-3H3,(H,14,17). The van der Waals surface area contributed by atoms with Crippen LogP contribution in [-0.2, 0) is 9.53 Å². The molecule has 98 valence electrons. The first-order valence-electron chi connectivity index (χ1n) is 5.78. The molecule has 0 bridgehead atoms. The first-order chi connectivity index (χ1) is 8.54. The molecule has 0 aromatic heterocycles. The molecule has 1 aromatic carbocycles. The molecule has 2 amide bonds. The highest BCUT2D eigenvalue weighted by atomic mass is 16.5. The number of nitrogens with zero attached hydrogens (tertiary/aromatic N) is 1. The van der Waals surface area contributed by atoms with Gasteiger partial charge in [-0.3, -0.25) is 9.69 Å². The van der Waals surface area contributed by atoms with Gasteiger partial charge in [-0.2, -0.15) is 0 Å². The second-order valence-electron chi connectivity index (χ2n) is 3.86. The van der Waals surface area contributed by atoms with Crippen LogP contribution in [0.15, 0.2) is 24.3 Å². The molecule has 18 heavy (non-hydrogen) atoms. The molecular weight excluding hydrogens is 232 g/mol. The molecule has 0 fully saturated rings. The zero-order chi connectivity index (χ0) is 13.5. The van der Waals surface area contributed by atoms with Crippen LogP contribution in [0.3, 0.4) is 0 Å². The second-order valence-corrected chi connectivity index (χ2v) is 3.86. The van der Waals surface area contributed by atoms with Crippen molar-refractivity contribution in [2.45, 2.75) is 13.8 Å². The number of aryl methyl sites for hydroxylation is 1. The maximum absolute atomic E-state index is 11.7. The molecule has 0 saturated carbocycles. The second kappa shape index (κ2) is 6.64. The van der Waals surface area contributed by atoms with E-state index < -0.39 is 5.97 Å². The maximum Gasteiger partial charge on any atom is 0.325 e. The highest BCUT2D eigenvalue weighted by Crippen LogP contribution is 2.13. The Hall–Kier alpha value is -2.04. The molecule has 0 aliphatic carbocycles. The molecule has 1 aromatic rings. The van der Waals surface area contributed by atoms with Gasteiger partial charge in [0, 0.05) is 12.7 Å². The molecule has 0 aliphatic rings. The Kier molecular flexibility index (Phi) is 5.17. The van der Waals surface area contributed by atoms with Crippen molar-refractivity contribution < 1.29 is 14.3 Å². The number of esters is 1. The van der Waals surface area contributed by atoms with Crippen LogP contribution in [0.1, 0.15) is 12.5 Å². The molecular formula is C13H18N2O3. The van der Waals surface area contributed by atoms with Gasteiger partial charge in [0.25, 0.3) is 0 Å². The third kappa shape index (κ3) is 4.08. The van der Waals surface area contributed by atoms with Crippen LogP contribution in [0.5, 0.6) is 0 Å². The van der Waals surface area contributed by atoms with Crippen LogP contribution >= 0.6 is 0 Å². The van der Waals surface area contributed by atoms with Crippen molar-refractivity contribution in [3.8, 4) is 0 Å². The van der Waals surface area contributed by atoms with Gasteiger partial charge in [-0.15, -0.1) is 0 Å². The normalized spacial score (nSPS) is 9.72. The average Bonchev–Trinajstić information content (AvgIpc) is 2.36. The van der Waals surface area contributed by atoms with Gasteiger partial charge in [0.1, 0.15) is 6.54 Å². The van der Waals surface area contributed by atoms with Crippen LogP contribution in [0.4, 0.5) is 10.5 Å². The zero-order valence-corrected chi connectivity index (χ0v) is 10.9. The molecule has 0 radical (unpaired) electrons. The average molecular weight is 250 g/mol. The summed E-state index contributed by atoms with van der Waals surface area (Å²) in [7, 11) is 1.64. The minimum absolute atomic E-state index is 0.122. The largest absolute Gasteiger partial charge is 0.465 e. The van der Waals surface area contributed by atoms with Gasteiger partial charge in [-0.1, -0.05) is 17.7 Å². The molecule has 0 atom stereocenters. The molecule has 5 heteroatoms. The predicted molar refractivity (Wildman–Crippen MR) is 69.6 cm³/mol. The van der Waals surface area contributed by atoms with E-state index in [-0.39, 0.29) is 12.6 Å². The summed E-state index contributed by atoms with van der Waals surface area (Å²) in [6, 6.07) is 7.19. The highest BCUT2D eigenvalue weighted by molar-refractivity contribution is 5.93. The Morgan fingerprint density at radius 1 is 1.28 bits per heavy atom. The van der Waals surface area contributed by atoms with Crippen LogP contribution in [0.2, 0.25) is 0 Å². The van der Waals surface area contributed by atoms with Crippen LogP contribution in [0, 0.1) is 6.92 Å². The summed E-state index contributed by atoms with van der Waals surface area (Å²) >= 11 is 0. The summed E-state index contributed by atoms with van der Waals surface area (Å²) < 4.78 is 4.72. The van der Waals surface area contributed by atoms with Gasteiger partial charge in [0.05, 0.1) is 6.61 Å². The van der Waals surface area contributed by atoms with E-state index in [4.69, 9.17) is 4.74 Å². The van der Waals surface area contributed by atoms with Gasteiger partial charge >= 0.3 is 12.0 Å². The monoisotopic (exact) mass is 250 g/mol. The Morgan fingerprint density at radius 3 is 2.44 bits per heavy atom. The third-order valence-corrected chi connectivity index (χ3v) is 2.42. The fraction of sp³-hybridized carbons (Fsp3) is 0.385. The topological polar surface area (TPSA) is 58.6 Å². The van der Waals surface area contributed by atoms with Crippen LogP contribution < -0.4 is 10.2 Å². The predicted octanol–water partition coefficient (Wildman–Crippen LogP) is 1.70. The number of urea groups is 1. The van der Waals surface area contributed by atoms with Gasteiger partial charge in [0.15, 0.2) is 0 Å². The number of ether oxygens (including phenoxy) is 1. The quantitative estimate of drug-likeness (QED) is 0.827. The molecule has 1 N–H and O–H groups in total. The summed E-state index contributed by atoms with van der Waals surface area (Å²) in [5.41, 5.74) is 1.89. The fourth-order valence-electron chi connectivity index (χ4n) is 1.36. The van der Waals surface area contributed by atoms with Gasteiger partial charge in [-0.05, 0) is 26.0 Å². The van der Waals surface area contributed by atoms with Crippen molar-refractivity contribution >= 4 is 17.7 Å². The number of anilines is 1. The molecule has 0 spiro atoms. The number of rotatable bonds is 4. The van der Waals surface area contributed by atoms with Crippen molar-refractivity contribution in [3.63, 3.8) is 0 Å². The molecule has 0 aliphatic heterocycles. The minimum Gasteiger partial charge on any atom is -0.465 e. The zero-order valence-electron chi connectivity index (χ0n) is 10.9. The number of amides is 2. The Morgan fingerprint density at radius 2 is 1.89 bits per heavy atom. The lowest BCUT2D eigenvalue weighted by Crippen LogP contribution is -2.40. The van der Waals surface area contributed by atoms with Crippen molar-refractivity contribution in [1.82, 2.24) is 5.32 Å². The lowest BCUT2D eigenvalue weighted by molar-refractivity contribution is -0.141. The summed E-state index contributed by atoms with van der Waals surface area (Å²) in [6.45, 7) is 3.88. The molecule has 0 heterocycles. The number of nitrogens with one attached hydrogen (secondary N) is 1. The lowest BCUT2D eigenvalue weighted by Gasteiger charge is -2.17. The minimum atomic E-state index is -0.442. The number of hydrogen-bond acceptors (Lipinski definition) is 3. The highest BCUT2D eigenvalue weighted by Gasteiger charge is 2.11. The smallest absolute Gasteiger partial charge is 0.325 e. The Bertz CT molecular complexity index is 415. The van der Waals surface area contributed by atoms with Crippen molar-refractivity contribution in [2.24, 2.45) is 0 Å². The van der Waals surface area contributed by atoms with E-state index in [9.17, 15) is 9.59 Å².